The van der Waals surface area contributed by atoms with E-state index in [0.29, 0.717) is 12.2 Å². The number of H-pyrrole nitrogens is 1. The van der Waals surface area contributed by atoms with E-state index in [0.717, 1.165) is 41.4 Å². The van der Waals surface area contributed by atoms with Crippen LogP contribution in [0.2, 0.25) is 0 Å². The van der Waals surface area contributed by atoms with E-state index >= 15 is 0 Å². The Kier molecular flexibility index (Phi) is 4.05. The molecule has 2 heterocycles. The second-order valence-corrected chi connectivity index (χ2v) is 6.69. The predicted molar refractivity (Wildman–Crippen MR) is 95.5 cm³/mol. The Morgan fingerprint density at radius 3 is 3.16 bits per heavy atom. The van der Waals surface area contributed by atoms with Crippen LogP contribution >= 0.6 is 0 Å². The van der Waals surface area contributed by atoms with E-state index in [9.17, 15) is 4.79 Å². The van der Waals surface area contributed by atoms with E-state index in [1.54, 1.807) is 0 Å². The van der Waals surface area contributed by atoms with Crippen molar-refractivity contribution in [3.05, 3.63) is 53.0 Å². The molecule has 3 N–H and O–H groups in total. The molecule has 6 nitrogen and oxygen atoms in total. The van der Waals surface area contributed by atoms with Gasteiger partial charge in [-0.15, -0.1) is 0 Å². The van der Waals surface area contributed by atoms with E-state index in [1.807, 2.05) is 36.0 Å². The zero-order chi connectivity index (χ0) is 17.4. The van der Waals surface area contributed by atoms with Gasteiger partial charge in [0.25, 0.3) is 5.91 Å². The number of amides is 1. The number of aryl methyl sites for hydroxylation is 1. The number of aliphatic hydroxyl groups is 1. The number of hydrogen-bond donors (Lipinski definition) is 3. The summed E-state index contributed by atoms with van der Waals surface area (Å²) in [7, 11) is 0. The number of aromatic amines is 1. The second-order valence-electron chi connectivity index (χ2n) is 6.69. The molecule has 0 radical (unpaired) electrons. The molecule has 0 spiro atoms. The molecule has 1 aliphatic rings. The SMILES string of the molecule is Cc1ccc2[nH]c(C(=O)NC3CCCc4c3cnn4CCO)cc2c1. The molecule has 1 aliphatic carbocycles. The highest BCUT2D eigenvalue weighted by Gasteiger charge is 2.26. The van der Waals surface area contributed by atoms with Gasteiger partial charge in [-0.25, -0.2) is 0 Å². The smallest absolute Gasteiger partial charge is 0.268 e. The highest BCUT2D eigenvalue weighted by Crippen LogP contribution is 2.30. The Hall–Kier alpha value is -2.60. The number of rotatable bonds is 4. The lowest BCUT2D eigenvalue weighted by Gasteiger charge is -2.24. The van der Waals surface area contributed by atoms with Crippen LogP contribution in [-0.2, 0) is 13.0 Å². The number of nitrogens with one attached hydrogen (secondary N) is 2. The molecular weight excluding hydrogens is 316 g/mol. The van der Waals surface area contributed by atoms with Crippen molar-refractivity contribution in [1.82, 2.24) is 20.1 Å². The molecule has 0 fully saturated rings. The van der Waals surface area contributed by atoms with Crippen molar-refractivity contribution in [3.63, 3.8) is 0 Å². The summed E-state index contributed by atoms with van der Waals surface area (Å²) >= 11 is 0. The lowest BCUT2D eigenvalue weighted by Crippen LogP contribution is -2.31. The molecule has 1 amide bonds. The van der Waals surface area contributed by atoms with E-state index in [4.69, 9.17) is 5.11 Å². The normalized spacial score (nSPS) is 16.8. The first-order chi connectivity index (χ1) is 12.2. The number of nitrogens with zero attached hydrogens (tertiary/aromatic N) is 2. The van der Waals surface area contributed by atoms with Crippen LogP contribution in [0.25, 0.3) is 10.9 Å². The van der Waals surface area contributed by atoms with Gasteiger partial charge in [0.1, 0.15) is 5.69 Å². The molecule has 1 unspecified atom stereocenters. The predicted octanol–water partition coefficient (Wildman–Crippen LogP) is 2.47. The summed E-state index contributed by atoms with van der Waals surface area (Å²) in [6.45, 7) is 2.61. The van der Waals surface area contributed by atoms with Crippen molar-refractivity contribution < 1.29 is 9.90 Å². The number of aliphatic hydroxyl groups excluding tert-OH is 1. The standard InChI is InChI=1S/C19H22N4O2/c1-12-5-6-15-13(9-12)10-17(21-15)19(25)22-16-3-2-4-18-14(16)11-20-23(18)7-8-24/h5-6,9-11,16,21,24H,2-4,7-8H2,1H3,(H,22,25). The monoisotopic (exact) mass is 338 g/mol. The highest BCUT2D eigenvalue weighted by atomic mass is 16.3. The summed E-state index contributed by atoms with van der Waals surface area (Å²) in [4.78, 5) is 15.9. The molecule has 0 saturated carbocycles. The maximum Gasteiger partial charge on any atom is 0.268 e. The van der Waals surface area contributed by atoms with Crippen molar-refractivity contribution in [2.24, 2.45) is 0 Å². The Morgan fingerprint density at radius 2 is 2.32 bits per heavy atom. The van der Waals surface area contributed by atoms with Gasteiger partial charge < -0.3 is 15.4 Å². The number of fused-ring (bicyclic) bond motifs is 2. The minimum Gasteiger partial charge on any atom is -0.394 e. The summed E-state index contributed by atoms with van der Waals surface area (Å²) < 4.78 is 1.85. The molecule has 1 aromatic carbocycles. The van der Waals surface area contributed by atoms with Crippen LogP contribution in [0.15, 0.2) is 30.5 Å². The first-order valence-electron chi connectivity index (χ1n) is 8.71. The lowest BCUT2D eigenvalue weighted by molar-refractivity contribution is 0.0928. The average Bonchev–Trinajstić information content (AvgIpc) is 3.20. The fourth-order valence-electron chi connectivity index (χ4n) is 3.67. The molecular formula is C19H22N4O2. The van der Waals surface area contributed by atoms with Crippen molar-refractivity contribution >= 4 is 16.8 Å². The summed E-state index contributed by atoms with van der Waals surface area (Å²) in [6, 6.07) is 7.97. The summed E-state index contributed by atoms with van der Waals surface area (Å²) in [5.74, 6) is -0.0957. The Labute approximate surface area is 145 Å². The lowest BCUT2D eigenvalue weighted by atomic mass is 9.93. The molecule has 0 aliphatic heterocycles. The van der Waals surface area contributed by atoms with Gasteiger partial charge in [0, 0.05) is 22.2 Å². The largest absolute Gasteiger partial charge is 0.394 e. The van der Waals surface area contributed by atoms with Gasteiger partial charge in [0.15, 0.2) is 0 Å². The number of carbonyl (C=O) groups is 1. The number of aromatic nitrogens is 3. The maximum absolute atomic E-state index is 12.7. The van der Waals surface area contributed by atoms with Crippen LogP contribution in [0.3, 0.4) is 0 Å². The van der Waals surface area contributed by atoms with E-state index in [2.05, 4.69) is 21.5 Å². The summed E-state index contributed by atoms with van der Waals surface area (Å²) in [5.41, 5.74) is 4.91. The topological polar surface area (TPSA) is 82.9 Å². The first-order valence-corrected chi connectivity index (χ1v) is 8.71. The van der Waals surface area contributed by atoms with Gasteiger partial charge >= 0.3 is 0 Å². The third-order valence-electron chi connectivity index (χ3n) is 4.90. The van der Waals surface area contributed by atoms with Crippen LogP contribution in [0.4, 0.5) is 0 Å². The molecule has 2 aromatic heterocycles. The van der Waals surface area contributed by atoms with Gasteiger partial charge in [0.05, 0.1) is 25.4 Å². The van der Waals surface area contributed by atoms with E-state index in [1.165, 1.54) is 5.56 Å². The first kappa shape index (κ1) is 15.9. The second kappa shape index (κ2) is 6.37. The van der Waals surface area contributed by atoms with Crippen LogP contribution < -0.4 is 5.32 Å². The number of benzene rings is 1. The fourth-order valence-corrected chi connectivity index (χ4v) is 3.67. The molecule has 130 valence electrons. The van der Waals surface area contributed by atoms with Gasteiger partial charge in [-0.05, 0) is 44.4 Å². The summed E-state index contributed by atoms with van der Waals surface area (Å²) in [6.07, 6.45) is 4.67. The Bertz CT molecular complexity index is 925. The van der Waals surface area contributed by atoms with Gasteiger partial charge in [0.2, 0.25) is 0 Å². The van der Waals surface area contributed by atoms with Crippen LogP contribution in [0.1, 0.15) is 46.2 Å². The maximum atomic E-state index is 12.7. The quantitative estimate of drug-likeness (QED) is 0.683. The minimum absolute atomic E-state index is 0.0307. The van der Waals surface area contributed by atoms with Crippen LogP contribution in [0, 0.1) is 6.92 Å². The fraction of sp³-hybridized carbons (Fsp3) is 0.368. The molecule has 4 rings (SSSR count). The number of hydrogen-bond acceptors (Lipinski definition) is 3. The highest BCUT2D eigenvalue weighted by molar-refractivity contribution is 5.98. The molecule has 25 heavy (non-hydrogen) atoms. The zero-order valence-corrected chi connectivity index (χ0v) is 14.2. The van der Waals surface area contributed by atoms with Crippen molar-refractivity contribution in [2.75, 3.05) is 6.61 Å². The van der Waals surface area contributed by atoms with Gasteiger partial charge in [-0.1, -0.05) is 11.6 Å². The molecule has 0 saturated heterocycles. The van der Waals surface area contributed by atoms with E-state index in [-0.39, 0.29) is 18.6 Å². The summed E-state index contributed by atoms with van der Waals surface area (Å²) in [5, 5.41) is 17.7. The molecule has 0 bridgehead atoms. The van der Waals surface area contributed by atoms with Crippen molar-refractivity contribution in [1.29, 1.82) is 0 Å². The number of carbonyl (C=O) groups excluding carboxylic acids is 1. The molecule has 3 aromatic rings. The zero-order valence-electron chi connectivity index (χ0n) is 14.2. The van der Waals surface area contributed by atoms with Crippen LogP contribution in [-0.4, -0.2) is 32.4 Å². The van der Waals surface area contributed by atoms with Gasteiger partial charge in [-0.3, -0.25) is 9.48 Å². The third kappa shape index (κ3) is 2.93. The van der Waals surface area contributed by atoms with Crippen molar-refractivity contribution in [2.45, 2.75) is 38.8 Å². The van der Waals surface area contributed by atoms with Crippen LogP contribution in [0.5, 0.6) is 0 Å². The van der Waals surface area contributed by atoms with Crippen molar-refractivity contribution in [3.8, 4) is 0 Å². The molecule has 6 heteroatoms. The molecule has 1 atom stereocenters. The van der Waals surface area contributed by atoms with E-state index < -0.39 is 0 Å². The Balaban J connectivity index is 1.57. The average molecular weight is 338 g/mol. The third-order valence-corrected chi connectivity index (χ3v) is 4.90. The van der Waals surface area contributed by atoms with Gasteiger partial charge in [-0.2, -0.15) is 5.10 Å². The minimum atomic E-state index is -0.0957. The Morgan fingerprint density at radius 1 is 1.44 bits per heavy atom.